The van der Waals surface area contributed by atoms with Gasteiger partial charge in [0.05, 0.1) is 0 Å². The molecule has 0 aliphatic rings. The maximum absolute atomic E-state index is 11.3. The second kappa shape index (κ2) is 5.57. The Kier molecular flexibility index (Phi) is 5.39. The summed E-state index contributed by atoms with van der Waals surface area (Å²) in [5.74, 6) is -1.41. The average Bonchev–Trinajstić information content (AvgIpc) is 2.12. The Labute approximate surface area is 91.6 Å². The number of rotatable bonds is 6. The molecule has 90 valence electrons. The van der Waals surface area contributed by atoms with Crippen molar-refractivity contribution in [2.45, 2.75) is 24.3 Å². The molecule has 0 aromatic rings. The molecule has 0 amide bonds. The summed E-state index contributed by atoms with van der Waals surface area (Å²) in [6.45, 7) is 2.67. The van der Waals surface area contributed by atoms with Gasteiger partial charge in [0.15, 0.2) is 5.25 Å². The zero-order valence-electron chi connectivity index (χ0n) is 8.76. The van der Waals surface area contributed by atoms with E-state index in [1.165, 1.54) is 6.26 Å². The van der Waals surface area contributed by atoms with Gasteiger partial charge in [-0.3, -0.25) is 9.00 Å². The number of hydrogen-bond donors (Lipinski definition) is 2. The molecule has 3 unspecified atom stereocenters. The molecule has 0 saturated heterocycles. The molecule has 0 fully saturated rings. The molecule has 3 atom stereocenters. The highest BCUT2D eigenvalue weighted by Crippen LogP contribution is 1.99. The quantitative estimate of drug-likeness (QED) is 0.645. The van der Waals surface area contributed by atoms with Crippen LogP contribution < -0.4 is 4.72 Å². The summed E-state index contributed by atoms with van der Waals surface area (Å²) in [6.07, 6.45) is 1.46. The van der Waals surface area contributed by atoms with E-state index in [1.54, 1.807) is 6.92 Å². The Morgan fingerprint density at radius 2 is 1.93 bits per heavy atom. The van der Waals surface area contributed by atoms with E-state index in [-0.39, 0.29) is 11.8 Å². The van der Waals surface area contributed by atoms with Gasteiger partial charge < -0.3 is 5.11 Å². The van der Waals surface area contributed by atoms with E-state index < -0.39 is 32.0 Å². The predicted molar refractivity (Wildman–Crippen MR) is 57.5 cm³/mol. The molecule has 0 aliphatic heterocycles. The predicted octanol–water partition coefficient (Wildman–Crippen LogP) is -0.854. The first-order valence-electron chi connectivity index (χ1n) is 4.22. The van der Waals surface area contributed by atoms with Crippen LogP contribution in [0.2, 0.25) is 0 Å². The maximum Gasteiger partial charge on any atom is 0.323 e. The van der Waals surface area contributed by atoms with E-state index in [0.717, 1.165) is 6.92 Å². The highest BCUT2D eigenvalue weighted by atomic mass is 32.2. The monoisotopic (exact) mass is 257 g/mol. The molecular formula is C7H15NO5S2. The molecule has 0 aromatic heterocycles. The topological polar surface area (TPSA) is 101 Å². The lowest BCUT2D eigenvalue weighted by atomic mass is 10.5. The van der Waals surface area contributed by atoms with Crippen molar-refractivity contribution in [3.63, 3.8) is 0 Å². The minimum Gasteiger partial charge on any atom is -0.480 e. The lowest BCUT2D eigenvalue weighted by molar-refractivity contribution is -0.136. The van der Waals surface area contributed by atoms with Gasteiger partial charge in [0.25, 0.3) is 0 Å². The van der Waals surface area contributed by atoms with Crippen LogP contribution in [0.25, 0.3) is 0 Å². The number of carbonyl (C=O) groups is 1. The summed E-state index contributed by atoms with van der Waals surface area (Å²) in [5.41, 5.74) is 0. The third-order valence-corrected chi connectivity index (χ3v) is 4.95. The molecule has 0 heterocycles. The molecule has 8 heteroatoms. The molecule has 0 bridgehead atoms. The summed E-state index contributed by atoms with van der Waals surface area (Å²) in [7, 11) is -5.02. The largest absolute Gasteiger partial charge is 0.480 e. The van der Waals surface area contributed by atoms with Crippen molar-refractivity contribution in [3.05, 3.63) is 0 Å². The summed E-state index contributed by atoms with van der Waals surface area (Å²) in [6, 6.07) is 0. The minimum absolute atomic E-state index is 0.0247. The first kappa shape index (κ1) is 14.5. The van der Waals surface area contributed by atoms with Gasteiger partial charge in [0.1, 0.15) is 0 Å². The summed E-state index contributed by atoms with van der Waals surface area (Å²) < 4.78 is 35.7. The zero-order chi connectivity index (χ0) is 12.2. The summed E-state index contributed by atoms with van der Waals surface area (Å²) in [5, 5.41) is 6.66. The van der Waals surface area contributed by atoms with E-state index in [2.05, 4.69) is 4.72 Å². The van der Waals surface area contributed by atoms with Gasteiger partial charge in [-0.1, -0.05) is 0 Å². The summed E-state index contributed by atoms with van der Waals surface area (Å²) in [4.78, 5) is 10.4. The molecule has 0 radical (unpaired) electrons. The van der Waals surface area contributed by atoms with Gasteiger partial charge in [-0.2, -0.15) is 0 Å². The molecule has 2 N–H and O–H groups in total. The molecule has 0 aliphatic carbocycles. The lowest BCUT2D eigenvalue weighted by Gasteiger charge is -2.12. The number of nitrogens with one attached hydrogen (secondary N) is 1. The van der Waals surface area contributed by atoms with Crippen LogP contribution in [-0.4, -0.2) is 47.0 Å². The molecule has 0 spiro atoms. The van der Waals surface area contributed by atoms with E-state index in [0.29, 0.717) is 0 Å². The second-order valence-electron chi connectivity index (χ2n) is 3.18. The van der Waals surface area contributed by atoms with Crippen LogP contribution in [0, 0.1) is 0 Å². The number of sulfonamides is 1. The molecule has 0 rings (SSSR count). The molecule has 0 aromatic carbocycles. The van der Waals surface area contributed by atoms with Crippen molar-refractivity contribution >= 4 is 26.8 Å². The average molecular weight is 257 g/mol. The fraction of sp³-hybridized carbons (Fsp3) is 0.857. The van der Waals surface area contributed by atoms with Crippen LogP contribution >= 0.6 is 0 Å². The Morgan fingerprint density at radius 3 is 2.27 bits per heavy atom. The second-order valence-corrected chi connectivity index (χ2v) is 7.07. The van der Waals surface area contributed by atoms with Crippen molar-refractivity contribution in [3.8, 4) is 0 Å². The number of carboxylic acid groups (broad SMARTS) is 1. The van der Waals surface area contributed by atoms with Crippen LogP contribution in [0.5, 0.6) is 0 Å². The Hall–Kier alpha value is -0.470. The van der Waals surface area contributed by atoms with Gasteiger partial charge >= 0.3 is 5.97 Å². The van der Waals surface area contributed by atoms with E-state index >= 15 is 0 Å². The third kappa shape index (κ3) is 4.72. The van der Waals surface area contributed by atoms with Crippen molar-refractivity contribution in [2.75, 3.05) is 12.8 Å². The fourth-order valence-electron chi connectivity index (χ4n) is 0.609. The number of carboxylic acids is 1. The van der Waals surface area contributed by atoms with Crippen LogP contribution in [0.15, 0.2) is 0 Å². The maximum atomic E-state index is 11.3. The van der Waals surface area contributed by atoms with E-state index in [9.17, 15) is 17.4 Å². The van der Waals surface area contributed by atoms with Gasteiger partial charge in [0.2, 0.25) is 10.0 Å². The standard InChI is InChI=1S/C7H15NO5S2/c1-5(14(3)11)4-8-15(12,13)6(2)7(9)10/h5-6,8H,4H2,1-3H3,(H,9,10). The SMILES string of the molecule is CC(CNS(=O)(=O)C(C)C(=O)O)S(C)=O. The van der Waals surface area contributed by atoms with Crippen molar-refractivity contribution in [1.82, 2.24) is 4.72 Å². The first-order chi connectivity index (χ1) is 6.68. The smallest absolute Gasteiger partial charge is 0.323 e. The lowest BCUT2D eigenvalue weighted by Crippen LogP contribution is -2.41. The van der Waals surface area contributed by atoms with Crippen LogP contribution in [0.1, 0.15) is 13.8 Å². The molecule has 15 heavy (non-hydrogen) atoms. The van der Waals surface area contributed by atoms with E-state index in [1.807, 2.05) is 0 Å². The normalized spacial score (nSPS) is 18.1. The van der Waals surface area contributed by atoms with Crippen LogP contribution in [-0.2, 0) is 25.6 Å². The van der Waals surface area contributed by atoms with Crippen molar-refractivity contribution in [1.29, 1.82) is 0 Å². The minimum atomic E-state index is -3.87. The van der Waals surface area contributed by atoms with Crippen molar-refractivity contribution in [2.24, 2.45) is 0 Å². The van der Waals surface area contributed by atoms with Crippen molar-refractivity contribution < 1.29 is 22.5 Å². The Morgan fingerprint density at radius 1 is 1.47 bits per heavy atom. The van der Waals surface area contributed by atoms with Gasteiger partial charge in [-0.15, -0.1) is 0 Å². The molecule has 6 nitrogen and oxygen atoms in total. The summed E-state index contributed by atoms with van der Waals surface area (Å²) >= 11 is 0. The van der Waals surface area contributed by atoms with E-state index in [4.69, 9.17) is 5.11 Å². The van der Waals surface area contributed by atoms with Crippen LogP contribution in [0.3, 0.4) is 0 Å². The van der Waals surface area contributed by atoms with Crippen LogP contribution in [0.4, 0.5) is 0 Å². The van der Waals surface area contributed by atoms with Gasteiger partial charge in [0, 0.05) is 28.9 Å². The molecular weight excluding hydrogens is 242 g/mol. The zero-order valence-corrected chi connectivity index (χ0v) is 10.4. The Bertz CT molecular complexity index is 350. The Balaban J connectivity index is 4.41. The highest BCUT2D eigenvalue weighted by molar-refractivity contribution is 7.91. The molecule has 0 saturated carbocycles. The number of aliphatic carboxylic acids is 1. The van der Waals surface area contributed by atoms with Gasteiger partial charge in [-0.05, 0) is 13.8 Å². The first-order valence-corrected chi connectivity index (χ1v) is 7.38. The number of hydrogen-bond acceptors (Lipinski definition) is 4. The fourth-order valence-corrected chi connectivity index (χ4v) is 2.03. The third-order valence-electron chi connectivity index (χ3n) is 1.95. The highest BCUT2D eigenvalue weighted by Gasteiger charge is 2.27. The van der Waals surface area contributed by atoms with Gasteiger partial charge in [-0.25, -0.2) is 13.1 Å².